The van der Waals surface area contributed by atoms with Crippen LogP contribution in [0.1, 0.15) is 37.0 Å². The van der Waals surface area contributed by atoms with Crippen molar-refractivity contribution in [3.63, 3.8) is 0 Å². The highest BCUT2D eigenvalue weighted by Gasteiger charge is 2.33. The highest BCUT2D eigenvalue weighted by molar-refractivity contribution is 9.10. The molecule has 0 bridgehead atoms. The molecule has 0 fully saturated rings. The number of nitrogens with zero attached hydrogens (tertiary/aromatic N) is 2. The number of aryl methyl sites for hydroxylation is 1. The Hall–Kier alpha value is -2.69. The zero-order valence-electron chi connectivity index (χ0n) is 23.1. The standard InChI is InChI=1S/C30H35Br2N3O4S/c1-5-22(3)33-30(37)28(18-23-9-7-6-8-10-23)34(19-24-11-13-25(31)14-12-24)29(36)20-35(40(4,38)39)26-15-16-27(32)21(2)17-26/h6-17,22,28H,5,18-20H2,1-4H3,(H,33,37)/t22-,28+/m1/s1. The van der Waals surface area contributed by atoms with E-state index in [1.807, 2.05) is 75.4 Å². The number of hydrogen-bond acceptors (Lipinski definition) is 4. The van der Waals surface area contributed by atoms with Crippen LogP contribution < -0.4 is 9.62 Å². The van der Waals surface area contributed by atoms with Crippen LogP contribution in [0, 0.1) is 6.92 Å². The van der Waals surface area contributed by atoms with Crippen molar-refractivity contribution < 1.29 is 18.0 Å². The summed E-state index contributed by atoms with van der Waals surface area (Å²) >= 11 is 6.89. The Bertz CT molecular complexity index is 1420. The largest absolute Gasteiger partial charge is 0.352 e. The molecule has 10 heteroatoms. The molecule has 3 aromatic rings. The summed E-state index contributed by atoms with van der Waals surface area (Å²) in [6.45, 7) is 5.43. The third-order valence-corrected chi connectivity index (χ3v) is 9.21. The minimum Gasteiger partial charge on any atom is -0.352 e. The monoisotopic (exact) mass is 691 g/mol. The Morgan fingerprint density at radius 2 is 1.60 bits per heavy atom. The van der Waals surface area contributed by atoms with Crippen LogP contribution in [0.15, 0.2) is 81.7 Å². The molecule has 3 rings (SSSR count). The van der Waals surface area contributed by atoms with Crippen LogP contribution in [0.25, 0.3) is 0 Å². The lowest BCUT2D eigenvalue weighted by Crippen LogP contribution is -2.54. The Morgan fingerprint density at radius 1 is 0.950 bits per heavy atom. The van der Waals surface area contributed by atoms with Crippen molar-refractivity contribution in [1.82, 2.24) is 10.2 Å². The summed E-state index contributed by atoms with van der Waals surface area (Å²) in [6.07, 6.45) is 2.09. The highest BCUT2D eigenvalue weighted by atomic mass is 79.9. The molecule has 0 saturated heterocycles. The Labute approximate surface area is 254 Å². The fraction of sp³-hybridized carbons (Fsp3) is 0.333. The average molecular weight is 694 g/mol. The molecule has 0 spiro atoms. The lowest BCUT2D eigenvalue weighted by Gasteiger charge is -2.34. The van der Waals surface area contributed by atoms with E-state index in [1.54, 1.807) is 18.2 Å². The van der Waals surface area contributed by atoms with E-state index in [0.29, 0.717) is 5.69 Å². The summed E-state index contributed by atoms with van der Waals surface area (Å²) in [5, 5.41) is 3.03. The molecule has 2 atom stereocenters. The molecule has 0 aliphatic heterocycles. The first kappa shape index (κ1) is 31.8. The van der Waals surface area contributed by atoms with E-state index in [-0.39, 0.29) is 24.9 Å². The van der Waals surface area contributed by atoms with E-state index < -0.39 is 28.5 Å². The first-order valence-electron chi connectivity index (χ1n) is 13.0. The van der Waals surface area contributed by atoms with Gasteiger partial charge in [0.15, 0.2) is 0 Å². The van der Waals surface area contributed by atoms with Gasteiger partial charge in [0.05, 0.1) is 11.9 Å². The fourth-order valence-corrected chi connectivity index (χ4v) is 5.53. The molecular weight excluding hydrogens is 658 g/mol. The summed E-state index contributed by atoms with van der Waals surface area (Å²) < 4.78 is 28.7. The molecule has 1 N–H and O–H groups in total. The van der Waals surface area contributed by atoms with Crippen molar-refractivity contribution in [3.8, 4) is 0 Å². The summed E-state index contributed by atoms with van der Waals surface area (Å²) in [6, 6.07) is 21.2. The number of halogens is 2. The van der Waals surface area contributed by atoms with Gasteiger partial charge in [-0.1, -0.05) is 81.2 Å². The van der Waals surface area contributed by atoms with Gasteiger partial charge in [0.1, 0.15) is 12.6 Å². The number of nitrogens with one attached hydrogen (secondary N) is 1. The molecule has 0 heterocycles. The second-order valence-electron chi connectivity index (χ2n) is 9.87. The fourth-order valence-electron chi connectivity index (χ4n) is 4.18. The van der Waals surface area contributed by atoms with Crippen LogP contribution in [0.3, 0.4) is 0 Å². The van der Waals surface area contributed by atoms with Crippen molar-refractivity contribution in [2.24, 2.45) is 0 Å². The molecule has 40 heavy (non-hydrogen) atoms. The van der Waals surface area contributed by atoms with Gasteiger partial charge in [0.25, 0.3) is 0 Å². The molecule has 3 aromatic carbocycles. The molecule has 0 aliphatic rings. The van der Waals surface area contributed by atoms with E-state index in [4.69, 9.17) is 0 Å². The smallest absolute Gasteiger partial charge is 0.244 e. The van der Waals surface area contributed by atoms with Crippen LogP contribution in [0.5, 0.6) is 0 Å². The van der Waals surface area contributed by atoms with Crippen LogP contribution in [-0.2, 0) is 32.6 Å². The van der Waals surface area contributed by atoms with Gasteiger partial charge in [-0.05, 0) is 67.3 Å². The number of sulfonamides is 1. The maximum absolute atomic E-state index is 14.1. The maximum Gasteiger partial charge on any atom is 0.244 e. The summed E-state index contributed by atoms with van der Waals surface area (Å²) in [5.74, 6) is -0.761. The number of hydrogen-bond donors (Lipinski definition) is 1. The molecule has 0 aromatic heterocycles. The number of carbonyl (C=O) groups excluding carboxylic acids is 2. The number of rotatable bonds is 12. The minimum atomic E-state index is -3.82. The van der Waals surface area contributed by atoms with Crippen LogP contribution in [-0.4, -0.2) is 50.0 Å². The van der Waals surface area contributed by atoms with E-state index in [2.05, 4.69) is 37.2 Å². The number of benzene rings is 3. The van der Waals surface area contributed by atoms with Gasteiger partial charge >= 0.3 is 0 Å². The first-order valence-corrected chi connectivity index (χ1v) is 16.4. The van der Waals surface area contributed by atoms with Crippen LogP contribution in [0.2, 0.25) is 0 Å². The van der Waals surface area contributed by atoms with Gasteiger partial charge in [-0.25, -0.2) is 8.42 Å². The summed E-state index contributed by atoms with van der Waals surface area (Å²) in [4.78, 5) is 29.3. The zero-order chi connectivity index (χ0) is 29.4. The topological polar surface area (TPSA) is 86.8 Å². The third-order valence-electron chi connectivity index (χ3n) is 6.65. The van der Waals surface area contributed by atoms with Crippen molar-refractivity contribution >= 4 is 59.4 Å². The number of amides is 2. The maximum atomic E-state index is 14.1. The van der Waals surface area contributed by atoms with E-state index in [9.17, 15) is 18.0 Å². The van der Waals surface area contributed by atoms with E-state index in [0.717, 1.165) is 42.6 Å². The normalized spacial score (nSPS) is 12.8. The number of carbonyl (C=O) groups is 2. The summed E-state index contributed by atoms with van der Waals surface area (Å²) in [5.41, 5.74) is 2.92. The minimum absolute atomic E-state index is 0.0892. The first-order chi connectivity index (χ1) is 18.9. The lowest BCUT2D eigenvalue weighted by molar-refractivity contribution is -0.140. The molecule has 0 saturated carbocycles. The molecular formula is C30H35Br2N3O4S. The molecule has 7 nitrogen and oxygen atoms in total. The SMILES string of the molecule is CC[C@@H](C)NC(=O)[C@H](Cc1ccccc1)N(Cc1ccc(Br)cc1)C(=O)CN(c1ccc(Br)c(C)c1)S(C)(=O)=O. The number of anilines is 1. The van der Waals surface area contributed by atoms with Crippen molar-refractivity contribution in [3.05, 3.63) is 98.4 Å². The van der Waals surface area contributed by atoms with Gasteiger partial charge in [-0.2, -0.15) is 0 Å². The van der Waals surface area contributed by atoms with Crippen LogP contribution >= 0.6 is 31.9 Å². The third kappa shape index (κ3) is 8.91. The predicted octanol–water partition coefficient (Wildman–Crippen LogP) is 5.84. The average Bonchev–Trinajstić information content (AvgIpc) is 2.91. The van der Waals surface area contributed by atoms with Gasteiger partial charge in [-0.3, -0.25) is 13.9 Å². The second-order valence-corrected chi connectivity index (χ2v) is 13.6. The van der Waals surface area contributed by atoms with Gasteiger partial charge in [-0.15, -0.1) is 0 Å². The molecule has 0 aliphatic carbocycles. The molecule has 2 amide bonds. The highest BCUT2D eigenvalue weighted by Crippen LogP contribution is 2.25. The zero-order valence-corrected chi connectivity index (χ0v) is 27.1. The van der Waals surface area contributed by atoms with Crippen molar-refractivity contribution in [1.29, 1.82) is 0 Å². The van der Waals surface area contributed by atoms with Crippen LogP contribution in [0.4, 0.5) is 5.69 Å². The Morgan fingerprint density at radius 3 is 2.17 bits per heavy atom. The lowest BCUT2D eigenvalue weighted by atomic mass is 10.0. The van der Waals surface area contributed by atoms with E-state index >= 15 is 0 Å². The molecule has 214 valence electrons. The Balaban J connectivity index is 2.06. The molecule has 0 radical (unpaired) electrons. The Kier molecular flexibility index (Phi) is 11.4. The second kappa shape index (κ2) is 14.3. The predicted molar refractivity (Wildman–Crippen MR) is 168 cm³/mol. The van der Waals surface area contributed by atoms with Crippen molar-refractivity contribution in [2.75, 3.05) is 17.1 Å². The quantitative estimate of drug-likeness (QED) is 0.259. The van der Waals surface area contributed by atoms with Crippen molar-refractivity contribution in [2.45, 2.75) is 52.2 Å². The van der Waals surface area contributed by atoms with Gasteiger partial charge < -0.3 is 10.2 Å². The summed E-state index contributed by atoms with van der Waals surface area (Å²) in [7, 11) is -3.82. The van der Waals surface area contributed by atoms with Gasteiger partial charge in [0.2, 0.25) is 21.8 Å². The molecule has 0 unspecified atom stereocenters. The van der Waals surface area contributed by atoms with E-state index in [1.165, 1.54) is 4.90 Å². The van der Waals surface area contributed by atoms with Gasteiger partial charge in [0, 0.05) is 28.0 Å².